The van der Waals surface area contributed by atoms with Crippen molar-refractivity contribution in [1.82, 2.24) is 0 Å². The molecule has 2 aliphatic heterocycles. The second-order valence-electron chi connectivity index (χ2n) is 17.7. The van der Waals surface area contributed by atoms with Crippen molar-refractivity contribution in [1.29, 1.82) is 0 Å². The van der Waals surface area contributed by atoms with Crippen molar-refractivity contribution in [3.05, 3.63) is 0 Å². The number of hydrogen-bond acceptors (Lipinski definition) is 14. The van der Waals surface area contributed by atoms with E-state index in [4.69, 9.17) is 28.4 Å². The van der Waals surface area contributed by atoms with Gasteiger partial charge in [0.1, 0.15) is 54.9 Å². The number of carbonyl (C=O) groups excluding carboxylic acids is 1. The van der Waals surface area contributed by atoms with E-state index in [1.807, 2.05) is 0 Å². The zero-order valence-corrected chi connectivity index (χ0v) is 38.2. The number of ether oxygens (including phenoxy) is 6. The molecule has 11 unspecified atom stereocenters. The maximum absolute atomic E-state index is 12.8. The maximum Gasteiger partial charge on any atom is 0.306 e. The molecule has 14 heteroatoms. The van der Waals surface area contributed by atoms with Gasteiger partial charge in [0.15, 0.2) is 12.6 Å². The van der Waals surface area contributed by atoms with Crippen molar-refractivity contribution in [2.45, 2.75) is 261 Å². The minimum Gasteiger partial charge on any atom is -0.457 e. The number of esters is 1. The predicted octanol–water partition coefficient (Wildman–Crippen LogP) is 6.52. The van der Waals surface area contributed by atoms with Gasteiger partial charge < -0.3 is 64.2 Å². The number of hydrogen-bond donors (Lipinski definition) is 7. The minimum atomic E-state index is -1.70. The molecule has 0 bridgehead atoms. The Morgan fingerprint density at radius 2 is 0.869 bits per heavy atom. The Morgan fingerprint density at radius 3 is 1.33 bits per heavy atom. The molecule has 2 heterocycles. The largest absolute Gasteiger partial charge is 0.457 e. The first-order valence-corrected chi connectivity index (χ1v) is 24.6. The van der Waals surface area contributed by atoms with Crippen LogP contribution in [0.2, 0.25) is 0 Å². The monoisotopic (exact) mass is 879 g/mol. The first-order valence-electron chi connectivity index (χ1n) is 24.6. The van der Waals surface area contributed by atoms with Crippen molar-refractivity contribution >= 4 is 5.97 Å². The fourth-order valence-electron chi connectivity index (χ4n) is 8.05. The highest BCUT2D eigenvalue weighted by molar-refractivity contribution is 5.69. The average Bonchev–Trinajstić information content (AvgIpc) is 3.25. The first-order chi connectivity index (χ1) is 29.6. The number of carbonyl (C=O) groups is 1. The third-order valence-electron chi connectivity index (χ3n) is 12.1. The van der Waals surface area contributed by atoms with E-state index in [0.717, 1.165) is 38.5 Å². The highest BCUT2D eigenvalue weighted by Gasteiger charge is 2.47. The Kier molecular flexibility index (Phi) is 33.3. The fraction of sp³-hybridized carbons (Fsp3) is 0.979. The summed E-state index contributed by atoms with van der Waals surface area (Å²) >= 11 is 0. The summed E-state index contributed by atoms with van der Waals surface area (Å²) in [6.45, 7) is 3.67. The summed E-state index contributed by atoms with van der Waals surface area (Å²) in [4.78, 5) is 12.8. The number of rotatable bonds is 39. The zero-order chi connectivity index (χ0) is 44.5. The molecule has 0 amide bonds. The topological polar surface area (TPSA) is 214 Å². The average molecular weight is 879 g/mol. The van der Waals surface area contributed by atoms with E-state index in [9.17, 15) is 40.5 Å². The number of aliphatic hydroxyl groups is 7. The highest BCUT2D eigenvalue weighted by Crippen LogP contribution is 2.26. The van der Waals surface area contributed by atoms with E-state index >= 15 is 0 Å². The van der Waals surface area contributed by atoms with Crippen LogP contribution in [-0.4, -0.2) is 142 Å². The number of aliphatic hydroxyl groups excluding tert-OH is 7. The Hall–Kier alpha value is -1.01. The summed E-state index contributed by atoms with van der Waals surface area (Å²) in [6, 6.07) is 0. The second kappa shape index (κ2) is 36.2. The van der Waals surface area contributed by atoms with Gasteiger partial charge in [-0.15, -0.1) is 0 Å². The van der Waals surface area contributed by atoms with E-state index in [2.05, 4.69) is 13.8 Å². The van der Waals surface area contributed by atoms with Crippen LogP contribution in [0.1, 0.15) is 194 Å². The lowest BCUT2D eigenvalue weighted by Gasteiger charge is -2.42. The van der Waals surface area contributed by atoms with E-state index in [-0.39, 0.29) is 25.6 Å². The van der Waals surface area contributed by atoms with E-state index in [1.54, 1.807) is 0 Å². The van der Waals surface area contributed by atoms with Crippen molar-refractivity contribution in [2.75, 3.05) is 33.0 Å². The molecule has 11 atom stereocenters. The zero-order valence-electron chi connectivity index (χ0n) is 38.2. The van der Waals surface area contributed by atoms with Crippen LogP contribution in [0.15, 0.2) is 0 Å². The van der Waals surface area contributed by atoms with Gasteiger partial charge in [-0.05, 0) is 12.8 Å². The molecule has 2 rings (SSSR count). The predicted molar refractivity (Wildman–Crippen MR) is 234 cm³/mol. The van der Waals surface area contributed by atoms with Crippen molar-refractivity contribution in [3.63, 3.8) is 0 Å². The SMILES string of the molecule is CCCCCCCCCCCCCCCCCCCCCCOCC(COC1OC(COC2OC(CO)C(O)C(O)C2O)C(O)C(O)C1O)OC(=O)CCCCCCCCC. The van der Waals surface area contributed by atoms with Gasteiger partial charge in [-0.2, -0.15) is 0 Å². The molecule has 0 saturated carbocycles. The van der Waals surface area contributed by atoms with Gasteiger partial charge in [0.2, 0.25) is 0 Å². The quantitative estimate of drug-likeness (QED) is 0.0259. The van der Waals surface area contributed by atoms with Gasteiger partial charge in [-0.3, -0.25) is 4.79 Å². The molecule has 61 heavy (non-hydrogen) atoms. The molecule has 0 aromatic carbocycles. The van der Waals surface area contributed by atoms with Gasteiger partial charge in [-0.1, -0.05) is 174 Å². The molecule has 2 saturated heterocycles. The van der Waals surface area contributed by atoms with Crippen molar-refractivity contribution < 1.29 is 69.0 Å². The van der Waals surface area contributed by atoms with Gasteiger partial charge in [-0.25, -0.2) is 0 Å². The molecular weight excluding hydrogens is 789 g/mol. The Bertz CT molecular complexity index is 1020. The van der Waals surface area contributed by atoms with Crippen LogP contribution < -0.4 is 0 Å². The van der Waals surface area contributed by atoms with Crippen LogP contribution >= 0.6 is 0 Å². The van der Waals surface area contributed by atoms with Crippen LogP contribution in [0.3, 0.4) is 0 Å². The fourth-order valence-corrected chi connectivity index (χ4v) is 8.05. The van der Waals surface area contributed by atoms with Gasteiger partial charge in [0.05, 0.1) is 26.4 Å². The van der Waals surface area contributed by atoms with E-state index in [1.165, 1.54) is 128 Å². The summed E-state index contributed by atoms with van der Waals surface area (Å²) in [6.07, 6.45) is 17.8. The van der Waals surface area contributed by atoms with Gasteiger partial charge >= 0.3 is 5.97 Å². The molecule has 362 valence electrons. The molecule has 14 nitrogen and oxygen atoms in total. The van der Waals surface area contributed by atoms with Crippen LogP contribution in [0.5, 0.6) is 0 Å². The molecule has 7 N–H and O–H groups in total. The Balaban J connectivity index is 1.70. The Labute approximate surface area is 368 Å². The lowest BCUT2D eigenvalue weighted by Crippen LogP contribution is -2.61. The smallest absolute Gasteiger partial charge is 0.306 e. The third kappa shape index (κ3) is 24.7. The normalized spacial score (nSPS) is 27.4. The number of unbranched alkanes of at least 4 members (excludes halogenated alkanes) is 25. The van der Waals surface area contributed by atoms with E-state index in [0.29, 0.717) is 13.0 Å². The molecule has 0 spiro atoms. The standard InChI is InChI=1S/C47H90O14/c1-3-5-7-9-11-12-13-14-15-16-17-18-19-20-21-22-23-25-27-29-31-56-33-36(59-39(49)30-28-26-24-10-8-6-4-2)34-57-46-45(55)43(53)41(51)38(61-46)35-58-47-44(54)42(52)40(50)37(32-48)60-47/h36-38,40-48,50-55H,3-35H2,1-2H3. The highest BCUT2D eigenvalue weighted by atomic mass is 16.7. The molecular formula is C47H90O14. The van der Waals surface area contributed by atoms with Crippen LogP contribution in [0.4, 0.5) is 0 Å². The van der Waals surface area contributed by atoms with Crippen LogP contribution in [-0.2, 0) is 33.2 Å². The molecule has 2 aliphatic rings. The van der Waals surface area contributed by atoms with Crippen molar-refractivity contribution in [3.8, 4) is 0 Å². The lowest BCUT2D eigenvalue weighted by atomic mass is 9.98. The molecule has 2 fully saturated rings. The molecule has 0 aliphatic carbocycles. The summed E-state index contributed by atoms with van der Waals surface area (Å²) in [5.41, 5.74) is 0. The minimum absolute atomic E-state index is 0.0690. The van der Waals surface area contributed by atoms with Crippen LogP contribution in [0, 0.1) is 0 Å². The Morgan fingerprint density at radius 1 is 0.475 bits per heavy atom. The summed E-state index contributed by atoms with van der Waals surface area (Å²) in [5.74, 6) is -0.379. The van der Waals surface area contributed by atoms with Crippen LogP contribution in [0.25, 0.3) is 0 Å². The maximum atomic E-state index is 12.8. The van der Waals surface area contributed by atoms with Gasteiger partial charge in [0, 0.05) is 13.0 Å². The molecule has 0 aromatic heterocycles. The molecule has 0 radical (unpaired) electrons. The van der Waals surface area contributed by atoms with Gasteiger partial charge in [0.25, 0.3) is 0 Å². The summed E-state index contributed by atoms with van der Waals surface area (Å²) < 4.78 is 34.1. The third-order valence-corrected chi connectivity index (χ3v) is 12.1. The second-order valence-corrected chi connectivity index (χ2v) is 17.7. The first kappa shape index (κ1) is 56.1. The van der Waals surface area contributed by atoms with E-state index < -0.39 is 80.7 Å². The summed E-state index contributed by atoms with van der Waals surface area (Å²) in [5, 5.41) is 71.8. The lowest BCUT2D eigenvalue weighted by molar-refractivity contribution is -0.332. The van der Waals surface area contributed by atoms with Crippen molar-refractivity contribution in [2.24, 2.45) is 0 Å². The summed E-state index contributed by atoms with van der Waals surface area (Å²) in [7, 11) is 0. The molecule has 0 aromatic rings.